The van der Waals surface area contributed by atoms with E-state index in [1.807, 2.05) is 82.5 Å². The SMILES string of the molecule is CNCc1cnc(C(=O)Nc2cccc(-c3cccc(NC(=O)c4cc(C5CC5)c(CN[C@@H](C)CO)cn4)c3C)c2C)cc1C1CC1. The number of carbonyl (C=O) groups excluding carboxylic acids is 2. The number of benzene rings is 2. The van der Waals surface area contributed by atoms with Crippen LogP contribution in [0.15, 0.2) is 60.9 Å². The highest BCUT2D eigenvalue weighted by molar-refractivity contribution is 6.05. The van der Waals surface area contributed by atoms with Crippen LogP contribution >= 0.6 is 0 Å². The van der Waals surface area contributed by atoms with Crippen LogP contribution in [-0.2, 0) is 13.1 Å². The number of rotatable bonds is 13. The molecule has 2 heterocycles. The smallest absolute Gasteiger partial charge is 0.274 e. The fourth-order valence-corrected chi connectivity index (χ4v) is 6.13. The van der Waals surface area contributed by atoms with Crippen molar-refractivity contribution in [2.45, 2.75) is 77.4 Å². The maximum absolute atomic E-state index is 13.5. The van der Waals surface area contributed by atoms with E-state index in [4.69, 9.17) is 0 Å². The molecule has 0 spiro atoms. The maximum atomic E-state index is 13.5. The van der Waals surface area contributed by atoms with Crippen molar-refractivity contribution in [2.75, 3.05) is 24.3 Å². The highest BCUT2D eigenvalue weighted by atomic mass is 16.3. The number of carbonyl (C=O) groups is 2. The van der Waals surface area contributed by atoms with Gasteiger partial charge < -0.3 is 26.4 Å². The van der Waals surface area contributed by atoms with Crippen molar-refractivity contribution in [1.82, 2.24) is 20.6 Å². The third kappa shape index (κ3) is 7.43. The van der Waals surface area contributed by atoms with Gasteiger partial charge in [0.1, 0.15) is 11.4 Å². The molecule has 0 unspecified atom stereocenters. The number of hydrogen-bond donors (Lipinski definition) is 5. The lowest BCUT2D eigenvalue weighted by atomic mass is 9.94. The molecule has 0 aliphatic heterocycles. The second-order valence-corrected chi connectivity index (χ2v) is 12.9. The number of nitrogens with one attached hydrogen (secondary N) is 4. The minimum absolute atomic E-state index is 0.0151. The fourth-order valence-electron chi connectivity index (χ4n) is 6.13. The first-order valence-electron chi connectivity index (χ1n) is 16.6. The second kappa shape index (κ2) is 14.1. The van der Waals surface area contributed by atoms with Crippen LogP contribution in [0.1, 0.15) is 98.8 Å². The molecule has 2 amide bonds. The lowest BCUT2D eigenvalue weighted by molar-refractivity contribution is 0.101. The zero-order valence-electron chi connectivity index (χ0n) is 27.6. The van der Waals surface area contributed by atoms with Crippen molar-refractivity contribution in [3.8, 4) is 11.1 Å². The number of amides is 2. The number of hydrogen-bond acceptors (Lipinski definition) is 7. The first kappa shape index (κ1) is 32.5. The maximum Gasteiger partial charge on any atom is 0.274 e. The molecular formula is C38H44N6O3. The van der Waals surface area contributed by atoms with Crippen molar-refractivity contribution in [1.29, 1.82) is 0 Å². The standard InChI is InChI=1S/C38H44N6O3/c1-22(21-45)40-18-28-20-42-36(16-32(28)26-13-14-26)38(47)44-34-10-6-8-30(24(34)3)29-7-5-9-33(23(29)2)43-37(46)35-15-31(25-11-12-25)27(17-39-4)19-41-35/h5-10,15-16,19-20,22,25-26,39-40,45H,11-14,17-18,21H2,1-4H3,(H,43,46)(H,44,47)/t22-/m0/s1. The summed E-state index contributed by atoms with van der Waals surface area (Å²) < 4.78 is 0. The van der Waals surface area contributed by atoms with Crippen LogP contribution in [0, 0.1) is 13.8 Å². The summed E-state index contributed by atoms with van der Waals surface area (Å²) in [5, 5.41) is 22.1. The van der Waals surface area contributed by atoms with Crippen molar-refractivity contribution in [3.63, 3.8) is 0 Å². The van der Waals surface area contributed by atoms with E-state index in [1.54, 1.807) is 6.20 Å². The summed E-state index contributed by atoms with van der Waals surface area (Å²) in [5.74, 6) is 0.462. The number of aliphatic hydroxyl groups excluding tert-OH is 1. The summed E-state index contributed by atoms with van der Waals surface area (Å²) in [7, 11) is 1.92. The number of aliphatic hydroxyl groups is 1. The van der Waals surface area contributed by atoms with Crippen molar-refractivity contribution in [2.24, 2.45) is 0 Å². The first-order chi connectivity index (χ1) is 22.8. The molecule has 47 heavy (non-hydrogen) atoms. The van der Waals surface area contributed by atoms with E-state index in [0.717, 1.165) is 76.9 Å². The van der Waals surface area contributed by atoms with Gasteiger partial charge in [-0.2, -0.15) is 0 Å². The van der Waals surface area contributed by atoms with Gasteiger partial charge in [0, 0.05) is 42.9 Å². The molecule has 5 N–H and O–H groups in total. The zero-order chi connectivity index (χ0) is 33.1. The van der Waals surface area contributed by atoms with Gasteiger partial charge in [-0.15, -0.1) is 0 Å². The molecule has 0 bridgehead atoms. The monoisotopic (exact) mass is 632 g/mol. The van der Waals surface area contributed by atoms with Gasteiger partial charge in [-0.3, -0.25) is 19.6 Å². The summed E-state index contributed by atoms with van der Waals surface area (Å²) in [5.41, 5.74) is 10.6. The van der Waals surface area contributed by atoms with Crippen molar-refractivity contribution < 1.29 is 14.7 Å². The molecule has 0 saturated heterocycles. The van der Waals surface area contributed by atoms with E-state index in [9.17, 15) is 14.7 Å². The average molecular weight is 633 g/mol. The predicted octanol–water partition coefficient (Wildman–Crippen LogP) is 6.21. The van der Waals surface area contributed by atoms with Gasteiger partial charge >= 0.3 is 0 Å². The quantitative estimate of drug-likeness (QED) is 0.119. The van der Waals surface area contributed by atoms with Gasteiger partial charge in [0.15, 0.2) is 0 Å². The molecule has 244 valence electrons. The Balaban J connectivity index is 1.20. The lowest BCUT2D eigenvalue weighted by Gasteiger charge is -2.17. The number of pyridine rings is 2. The van der Waals surface area contributed by atoms with Gasteiger partial charge in [-0.05, 0) is 134 Å². The van der Waals surface area contributed by atoms with E-state index < -0.39 is 0 Å². The van der Waals surface area contributed by atoms with Crippen LogP contribution in [0.5, 0.6) is 0 Å². The number of aromatic nitrogens is 2. The Morgan fingerprint density at radius 3 is 1.68 bits per heavy atom. The Labute approximate surface area is 276 Å². The minimum Gasteiger partial charge on any atom is -0.395 e. The third-order valence-electron chi connectivity index (χ3n) is 9.28. The second-order valence-electron chi connectivity index (χ2n) is 12.9. The van der Waals surface area contributed by atoms with Crippen LogP contribution in [0.25, 0.3) is 11.1 Å². The van der Waals surface area contributed by atoms with Crippen LogP contribution < -0.4 is 21.3 Å². The summed E-state index contributed by atoms with van der Waals surface area (Å²) in [6.45, 7) is 7.32. The Hall–Kier alpha value is -4.44. The fraction of sp³-hybridized carbons (Fsp3) is 0.368. The van der Waals surface area contributed by atoms with Gasteiger partial charge in [0.25, 0.3) is 11.8 Å². The van der Waals surface area contributed by atoms with Gasteiger partial charge in [-0.25, -0.2) is 0 Å². The van der Waals surface area contributed by atoms with E-state index >= 15 is 0 Å². The minimum atomic E-state index is -0.257. The summed E-state index contributed by atoms with van der Waals surface area (Å²) >= 11 is 0. The molecule has 2 aliphatic rings. The van der Waals surface area contributed by atoms with Crippen LogP contribution in [-0.4, -0.2) is 46.6 Å². The van der Waals surface area contributed by atoms with E-state index in [2.05, 4.69) is 31.2 Å². The molecule has 2 aliphatic carbocycles. The Morgan fingerprint density at radius 2 is 1.26 bits per heavy atom. The van der Waals surface area contributed by atoms with E-state index in [1.165, 1.54) is 5.56 Å². The molecule has 4 aromatic rings. The highest BCUT2D eigenvalue weighted by Gasteiger charge is 2.29. The van der Waals surface area contributed by atoms with Crippen LogP contribution in [0.3, 0.4) is 0 Å². The summed E-state index contributed by atoms with van der Waals surface area (Å²) in [6, 6.07) is 15.6. The number of nitrogens with zero attached hydrogens (tertiary/aromatic N) is 2. The largest absolute Gasteiger partial charge is 0.395 e. The third-order valence-corrected chi connectivity index (χ3v) is 9.28. The van der Waals surface area contributed by atoms with Gasteiger partial charge in [-0.1, -0.05) is 24.3 Å². The molecule has 2 saturated carbocycles. The average Bonchev–Trinajstić information content (AvgIpc) is 4.00. The molecule has 6 rings (SSSR count). The highest BCUT2D eigenvalue weighted by Crippen LogP contribution is 2.43. The summed E-state index contributed by atoms with van der Waals surface area (Å²) in [4.78, 5) is 35.8. The van der Waals surface area contributed by atoms with E-state index in [-0.39, 0.29) is 24.5 Å². The Bertz CT molecular complexity index is 1800. The normalized spacial score (nSPS) is 14.9. The van der Waals surface area contributed by atoms with Crippen LogP contribution in [0.2, 0.25) is 0 Å². The lowest BCUT2D eigenvalue weighted by Crippen LogP contribution is -2.29. The summed E-state index contributed by atoms with van der Waals surface area (Å²) in [6.07, 6.45) is 8.11. The zero-order valence-corrected chi connectivity index (χ0v) is 27.6. The molecule has 1 atom stereocenters. The molecule has 2 aromatic carbocycles. The topological polar surface area (TPSA) is 128 Å². The Kier molecular flexibility index (Phi) is 9.77. The molecule has 2 fully saturated rings. The van der Waals surface area contributed by atoms with E-state index in [0.29, 0.717) is 35.5 Å². The van der Waals surface area contributed by atoms with Crippen molar-refractivity contribution >= 4 is 23.2 Å². The Morgan fingerprint density at radius 1 is 0.787 bits per heavy atom. The van der Waals surface area contributed by atoms with Crippen molar-refractivity contribution in [3.05, 3.63) is 106 Å². The molecule has 2 aromatic heterocycles. The predicted molar refractivity (Wildman–Crippen MR) is 186 cm³/mol. The molecule has 9 heteroatoms. The molecular weight excluding hydrogens is 588 g/mol. The van der Waals surface area contributed by atoms with Gasteiger partial charge in [0.2, 0.25) is 0 Å². The molecule has 0 radical (unpaired) electrons. The first-order valence-corrected chi connectivity index (χ1v) is 16.6. The molecule has 9 nitrogen and oxygen atoms in total. The van der Waals surface area contributed by atoms with Crippen LogP contribution in [0.4, 0.5) is 11.4 Å². The van der Waals surface area contributed by atoms with Gasteiger partial charge in [0.05, 0.1) is 6.61 Å². The number of anilines is 2.